The predicted molar refractivity (Wildman–Crippen MR) is 118 cm³/mol. The van der Waals surface area contributed by atoms with E-state index in [0.29, 0.717) is 18.9 Å². The third kappa shape index (κ3) is 5.67. The van der Waals surface area contributed by atoms with Gasteiger partial charge in [-0.2, -0.15) is 5.10 Å². The minimum Gasteiger partial charge on any atom is -0.488 e. The number of carbonyl (C=O) groups excluding carboxylic acids is 2. The smallest absolute Gasteiger partial charge is 0.329 e. The molecule has 0 aliphatic rings. The third-order valence-electron chi connectivity index (χ3n) is 4.55. The molecule has 0 saturated heterocycles. The van der Waals surface area contributed by atoms with Gasteiger partial charge in [0, 0.05) is 12.1 Å². The Labute approximate surface area is 175 Å². The molecule has 30 heavy (non-hydrogen) atoms. The van der Waals surface area contributed by atoms with Crippen LogP contribution in [0.15, 0.2) is 71.8 Å². The highest BCUT2D eigenvalue weighted by molar-refractivity contribution is 6.35. The monoisotopic (exact) mass is 403 g/mol. The van der Waals surface area contributed by atoms with Crippen LogP contribution in [0.5, 0.6) is 5.75 Å². The summed E-state index contributed by atoms with van der Waals surface area (Å²) in [7, 11) is 0. The SMILES string of the molecule is CCCCNC(=O)C(=O)N/N=C\c1c(OCc2ccccc2)ccc2ccccc12. The minimum atomic E-state index is -0.797. The molecule has 0 aliphatic heterocycles. The van der Waals surface area contributed by atoms with Gasteiger partial charge < -0.3 is 10.1 Å². The molecule has 154 valence electrons. The van der Waals surface area contributed by atoms with Gasteiger partial charge in [0.2, 0.25) is 0 Å². The highest BCUT2D eigenvalue weighted by atomic mass is 16.5. The van der Waals surface area contributed by atoms with Gasteiger partial charge in [-0.05, 0) is 28.8 Å². The summed E-state index contributed by atoms with van der Waals surface area (Å²) in [4.78, 5) is 23.7. The second-order valence-electron chi connectivity index (χ2n) is 6.78. The van der Waals surface area contributed by atoms with Crippen molar-refractivity contribution in [2.75, 3.05) is 6.54 Å². The number of hydrazone groups is 1. The van der Waals surface area contributed by atoms with Gasteiger partial charge in [0.25, 0.3) is 0 Å². The Bertz CT molecular complexity index is 1030. The van der Waals surface area contributed by atoms with Gasteiger partial charge in [-0.25, -0.2) is 5.43 Å². The van der Waals surface area contributed by atoms with Crippen LogP contribution in [-0.4, -0.2) is 24.6 Å². The fourth-order valence-corrected chi connectivity index (χ4v) is 2.94. The minimum absolute atomic E-state index is 0.409. The zero-order valence-electron chi connectivity index (χ0n) is 16.9. The Morgan fingerprint density at radius 2 is 1.73 bits per heavy atom. The molecular formula is C24H25N3O3. The van der Waals surface area contributed by atoms with E-state index in [0.717, 1.165) is 34.7 Å². The molecule has 0 unspecified atom stereocenters. The van der Waals surface area contributed by atoms with E-state index in [4.69, 9.17) is 4.74 Å². The Morgan fingerprint density at radius 3 is 2.53 bits per heavy atom. The molecule has 0 aliphatic carbocycles. The number of nitrogens with one attached hydrogen (secondary N) is 2. The van der Waals surface area contributed by atoms with Crippen molar-refractivity contribution < 1.29 is 14.3 Å². The summed E-state index contributed by atoms with van der Waals surface area (Å²) in [6, 6.07) is 21.6. The van der Waals surface area contributed by atoms with Crippen LogP contribution in [-0.2, 0) is 16.2 Å². The van der Waals surface area contributed by atoms with Gasteiger partial charge in [0.1, 0.15) is 12.4 Å². The molecule has 0 heterocycles. The van der Waals surface area contributed by atoms with Crippen LogP contribution in [0.2, 0.25) is 0 Å². The number of rotatable bonds is 8. The average Bonchev–Trinajstić information content (AvgIpc) is 2.79. The normalized spacial score (nSPS) is 10.8. The lowest BCUT2D eigenvalue weighted by Crippen LogP contribution is -2.38. The summed E-state index contributed by atoms with van der Waals surface area (Å²) in [6.45, 7) is 2.89. The van der Waals surface area contributed by atoms with E-state index in [1.54, 1.807) is 0 Å². The van der Waals surface area contributed by atoms with Crippen molar-refractivity contribution in [3.63, 3.8) is 0 Å². The number of hydrogen-bond donors (Lipinski definition) is 2. The van der Waals surface area contributed by atoms with Gasteiger partial charge in [-0.3, -0.25) is 9.59 Å². The van der Waals surface area contributed by atoms with Crippen molar-refractivity contribution in [2.45, 2.75) is 26.4 Å². The number of ether oxygens (including phenoxy) is 1. The summed E-state index contributed by atoms with van der Waals surface area (Å²) >= 11 is 0. The lowest BCUT2D eigenvalue weighted by atomic mass is 10.0. The van der Waals surface area contributed by atoms with Crippen LogP contribution in [0.1, 0.15) is 30.9 Å². The zero-order chi connectivity index (χ0) is 21.2. The number of carbonyl (C=O) groups is 2. The number of fused-ring (bicyclic) bond motifs is 1. The molecule has 0 bridgehead atoms. The van der Waals surface area contributed by atoms with Crippen LogP contribution in [0.3, 0.4) is 0 Å². The number of benzene rings is 3. The standard InChI is InChI=1S/C24H25N3O3/c1-2-3-15-25-23(28)24(29)27-26-16-21-20-12-8-7-11-19(20)13-14-22(21)30-17-18-9-5-4-6-10-18/h4-14,16H,2-3,15,17H2,1H3,(H,25,28)(H,27,29)/b26-16-. The predicted octanol–water partition coefficient (Wildman–Crippen LogP) is 3.79. The molecule has 0 atom stereocenters. The zero-order valence-corrected chi connectivity index (χ0v) is 16.9. The fraction of sp³-hybridized carbons (Fsp3) is 0.208. The molecule has 3 aromatic rings. The second-order valence-corrected chi connectivity index (χ2v) is 6.78. The molecule has 6 heteroatoms. The van der Waals surface area contributed by atoms with E-state index >= 15 is 0 Å². The first-order chi connectivity index (χ1) is 14.7. The number of unbranched alkanes of at least 4 members (excludes halogenated alkanes) is 1. The first-order valence-corrected chi connectivity index (χ1v) is 9.98. The maximum Gasteiger partial charge on any atom is 0.329 e. The molecular weight excluding hydrogens is 378 g/mol. The molecule has 0 aromatic heterocycles. The number of nitrogens with zero attached hydrogens (tertiary/aromatic N) is 1. The molecule has 3 aromatic carbocycles. The highest BCUT2D eigenvalue weighted by Crippen LogP contribution is 2.27. The van der Waals surface area contributed by atoms with E-state index in [9.17, 15) is 9.59 Å². The lowest BCUT2D eigenvalue weighted by Gasteiger charge is -2.12. The molecule has 6 nitrogen and oxygen atoms in total. The van der Waals surface area contributed by atoms with Crippen LogP contribution in [0.4, 0.5) is 0 Å². The number of amides is 2. The lowest BCUT2D eigenvalue weighted by molar-refractivity contribution is -0.139. The van der Waals surface area contributed by atoms with Crippen molar-refractivity contribution in [1.82, 2.24) is 10.7 Å². The Balaban J connectivity index is 1.76. The fourth-order valence-electron chi connectivity index (χ4n) is 2.94. The number of hydrogen-bond acceptors (Lipinski definition) is 4. The topological polar surface area (TPSA) is 79.8 Å². The highest BCUT2D eigenvalue weighted by Gasteiger charge is 2.12. The van der Waals surface area contributed by atoms with E-state index in [1.165, 1.54) is 6.21 Å². The summed E-state index contributed by atoms with van der Waals surface area (Å²) in [5, 5.41) is 8.51. The summed E-state index contributed by atoms with van der Waals surface area (Å²) in [6.07, 6.45) is 3.27. The van der Waals surface area contributed by atoms with Crippen LogP contribution in [0.25, 0.3) is 10.8 Å². The third-order valence-corrected chi connectivity index (χ3v) is 4.55. The summed E-state index contributed by atoms with van der Waals surface area (Å²) < 4.78 is 6.02. The van der Waals surface area contributed by atoms with Crippen LogP contribution < -0.4 is 15.5 Å². The summed E-state index contributed by atoms with van der Waals surface area (Å²) in [5.41, 5.74) is 4.07. The molecule has 3 rings (SSSR count). The molecule has 0 spiro atoms. The quantitative estimate of drug-likeness (QED) is 0.260. The van der Waals surface area contributed by atoms with E-state index in [-0.39, 0.29) is 0 Å². The van der Waals surface area contributed by atoms with Crippen LogP contribution in [0, 0.1) is 0 Å². The maximum absolute atomic E-state index is 11.9. The average molecular weight is 403 g/mol. The molecule has 2 amide bonds. The largest absolute Gasteiger partial charge is 0.488 e. The van der Waals surface area contributed by atoms with Gasteiger partial charge in [-0.1, -0.05) is 74.0 Å². The molecule has 2 N–H and O–H groups in total. The van der Waals surface area contributed by atoms with E-state index < -0.39 is 11.8 Å². The second kappa shape index (κ2) is 10.8. The van der Waals surface area contributed by atoms with Crippen LogP contribution >= 0.6 is 0 Å². The van der Waals surface area contributed by atoms with Gasteiger partial charge in [-0.15, -0.1) is 0 Å². The van der Waals surface area contributed by atoms with Crippen molar-refractivity contribution >= 4 is 28.8 Å². The van der Waals surface area contributed by atoms with Gasteiger partial charge in [0.15, 0.2) is 0 Å². The summed E-state index contributed by atoms with van der Waals surface area (Å²) in [5.74, 6) is -0.851. The molecule has 0 fully saturated rings. The van der Waals surface area contributed by atoms with E-state index in [2.05, 4.69) is 15.8 Å². The van der Waals surface area contributed by atoms with Crippen molar-refractivity contribution in [1.29, 1.82) is 0 Å². The Morgan fingerprint density at radius 1 is 0.967 bits per heavy atom. The van der Waals surface area contributed by atoms with Crippen molar-refractivity contribution in [3.8, 4) is 5.75 Å². The van der Waals surface area contributed by atoms with E-state index in [1.807, 2.05) is 73.7 Å². The first-order valence-electron chi connectivity index (χ1n) is 9.98. The molecule has 0 radical (unpaired) electrons. The Hall–Kier alpha value is -3.67. The first kappa shape index (κ1) is 21.0. The van der Waals surface area contributed by atoms with Gasteiger partial charge >= 0.3 is 11.8 Å². The van der Waals surface area contributed by atoms with Crippen molar-refractivity contribution in [2.24, 2.45) is 5.10 Å². The Kier molecular flexibility index (Phi) is 7.55. The van der Waals surface area contributed by atoms with Crippen molar-refractivity contribution in [3.05, 3.63) is 77.9 Å². The maximum atomic E-state index is 11.9. The molecule has 0 saturated carbocycles. The van der Waals surface area contributed by atoms with Gasteiger partial charge in [0.05, 0.1) is 6.21 Å².